The second-order valence-corrected chi connectivity index (χ2v) is 9.78. The molecule has 1 N–H and O–H groups in total. The van der Waals surface area contributed by atoms with Crippen molar-refractivity contribution in [3.63, 3.8) is 0 Å². The molecule has 2 aliphatic heterocycles. The summed E-state index contributed by atoms with van der Waals surface area (Å²) in [6.07, 6.45) is 4.87. The highest BCUT2D eigenvalue weighted by Gasteiger charge is 2.44. The Balaban J connectivity index is 0.00000140. The van der Waals surface area contributed by atoms with Crippen LogP contribution in [0.4, 0.5) is 4.39 Å². The second-order valence-electron chi connectivity index (χ2n) is 9.78. The fourth-order valence-electron chi connectivity index (χ4n) is 5.71. The van der Waals surface area contributed by atoms with E-state index in [1.165, 1.54) is 12.1 Å². The molecule has 0 unspecified atom stereocenters. The molecule has 0 bridgehead atoms. The number of fused-ring (bicyclic) bond motifs is 4. The van der Waals surface area contributed by atoms with Gasteiger partial charge in [0.25, 0.3) is 5.91 Å². The number of aromatic nitrogens is 1. The van der Waals surface area contributed by atoms with Crippen LogP contribution in [0.2, 0.25) is 0 Å². The molecule has 194 valence electrons. The first-order valence-corrected chi connectivity index (χ1v) is 12.5. The molecule has 0 radical (unpaired) electrons. The molecule has 1 spiro atoms. The largest absolute Gasteiger partial charge is 0.493 e. The maximum Gasteiger partial charge on any atom is 0.253 e. The summed E-state index contributed by atoms with van der Waals surface area (Å²) in [6.45, 7) is 1.01. The van der Waals surface area contributed by atoms with Crippen LogP contribution < -0.4 is 14.2 Å². The lowest BCUT2D eigenvalue weighted by Crippen LogP contribution is -2.50. The van der Waals surface area contributed by atoms with Crippen LogP contribution in [0.3, 0.4) is 0 Å². The Kier molecular flexibility index (Phi) is 5.63. The Morgan fingerprint density at radius 2 is 1.97 bits per heavy atom. The van der Waals surface area contributed by atoms with E-state index in [0.29, 0.717) is 48.7 Å². The van der Waals surface area contributed by atoms with Gasteiger partial charge in [-0.15, -0.1) is 0 Å². The average Bonchev–Trinajstić information content (AvgIpc) is 3.54. The minimum absolute atomic E-state index is 0. The standard InChI is InChI=1S/C28H29FN2O5.3H2/c1-34-25-16-18(7-10-23(25)35-22-5-2-4-21(22)32)27(33)30-14-11-28(12-15-30)26-6-3-13-31(26)20-9-8-19(29)17-24(20)36-28;;;/h3,6-10,13,16-17,21-22,32H,2,4-5,11-12,14-15H2,1H3;3*1H/t21-,22-;;;/m1.../s1. The van der Waals surface area contributed by atoms with Crippen LogP contribution in [0.15, 0.2) is 54.7 Å². The number of rotatable bonds is 4. The van der Waals surface area contributed by atoms with Gasteiger partial charge in [0.1, 0.15) is 17.7 Å². The molecule has 1 aliphatic carbocycles. The van der Waals surface area contributed by atoms with Crippen LogP contribution in [-0.2, 0) is 5.60 Å². The minimum Gasteiger partial charge on any atom is -0.493 e. The van der Waals surface area contributed by atoms with Gasteiger partial charge < -0.3 is 28.8 Å². The molecule has 7 nitrogen and oxygen atoms in total. The Hall–Kier alpha value is -3.52. The zero-order chi connectivity index (χ0) is 24.9. The van der Waals surface area contributed by atoms with E-state index in [0.717, 1.165) is 30.6 Å². The third-order valence-corrected chi connectivity index (χ3v) is 7.67. The number of halogens is 1. The number of amides is 1. The van der Waals surface area contributed by atoms with Gasteiger partial charge in [0.2, 0.25) is 0 Å². The lowest BCUT2D eigenvalue weighted by Gasteiger charge is -2.45. The SMILES string of the molecule is COc1cc(C(=O)N2CCC3(CC2)Oc2cc(F)ccc2-n2cccc23)ccc1O[C@@H]1CCC[C@H]1O.[HH].[HH].[HH]. The lowest BCUT2D eigenvalue weighted by molar-refractivity contribution is -0.00951. The maximum atomic E-state index is 14.0. The molecule has 2 aromatic carbocycles. The summed E-state index contributed by atoms with van der Waals surface area (Å²) in [7, 11) is 1.54. The number of methoxy groups -OCH3 is 1. The van der Waals surface area contributed by atoms with Gasteiger partial charge in [-0.3, -0.25) is 4.79 Å². The van der Waals surface area contributed by atoms with E-state index in [1.54, 1.807) is 31.4 Å². The van der Waals surface area contributed by atoms with Gasteiger partial charge in [-0.2, -0.15) is 0 Å². The summed E-state index contributed by atoms with van der Waals surface area (Å²) in [5.41, 5.74) is 1.74. The van der Waals surface area contributed by atoms with Gasteiger partial charge in [0, 0.05) is 48.0 Å². The number of hydrogen-bond acceptors (Lipinski definition) is 5. The number of aliphatic hydroxyl groups excluding tert-OH is 1. The number of benzene rings is 2. The van der Waals surface area contributed by atoms with E-state index in [-0.39, 0.29) is 22.1 Å². The Morgan fingerprint density at radius 1 is 1.14 bits per heavy atom. The van der Waals surface area contributed by atoms with Gasteiger partial charge in [-0.1, -0.05) is 0 Å². The van der Waals surface area contributed by atoms with E-state index in [1.807, 2.05) is 23.2 Å². The highest BCUT2D eigenvalue weighted by Crippen LogP contribution is 2.45. The quantitative estimate of drug-likeness (QED) is 0.537. The molecule has 3 aromatic rings. The third-order valence-electron chi connectivity index (χ3n) is 7.67. The normalized spacial score (nSPS) is 22.0. The molecular weight excluding hydrogens is 463 g/mol. The summed E-state index contributed by atoms with van der Waals surface area (Å²) in [5.74, 6) is 1.09. The summed E-state index contributed by atoms with van der Waals surface area (Å²) >= 11 is 0. The van der Waals surface area contributed by atoms with Crippen molar-refractivity contribution in [3.05, 3.63) is 71.8 Å². The molecule has 1 saturated heterocycles. The molecule has 36 heavy (non-hydrogen) atoms. The third kappa shape index (κ3) is 3.80. The summed E-state index contributed by atoms with van der Waals surface area (Å²) in [6, 6.07) is 13.8. The first-order chi connectivity index (χ1) is 17.5. The second kappa shape index (κ2) is 8.85. The number of carbonyl (C=O) groups is 1. The van der Waals surface area contributed by atoms with Crippen molar-refractivity contribution < 1.29 is 32.8 Å². The number of likely N-dealkylation sites (tertiary alicyclic amines) is 1. The molecule has 8 heteroatoms. The zero-order valence-corrected chi connectivity index (χ0v) is 20.2. The van der Waals surface area contributed by atoms with Crippen molar-refractivity contribution in [3.8, 4) is 22.9 Å². The van der Waals surface area contributed by atoms with Crippen molar-refractivity contribution in [2.45, 2.75) is 49.9 Å². The van der Waals surface area contributed by atoms with E-state index < -0.39 is 11.7 Å². The van der Waals surface area contributed by atoms with Crippen molar-refractivity contribution in [2.75, 3.05) is 20.2 Å². The number of ether oxygens (including phenoxy) is 3. The highest BCUT2D eigenvalue weighted by atomic mass is 19.1. The molecule has 1 amide bonds. The monoisotopic (exact) mass is 498 g/mol. The van der Waals surface area contributed by atoms with E-state index in [9.17, 15) is 14.3 Å². The molecule has 1 aromatic heterocycles. The molecular formula is C28H35FN2O5. The Labute approximate surface area is 213 Å². The molecule has 1 saturated carbocycles. The van der Waals surface area contributed by atoms with Gasteiger partial charge >= 0.3 is 0 Å². The first-order valence-electron chi connectivity index (χ1n) is 12.5. The van der Waals surface area contributed by atoms with Crippen LogP contribution in [0.5, 0.6) is 17.2 Å². The smallest absolute Gasteiger partial charge is 0.253 e. The van der Waals surface area contributed by atoms with Crippen LogP contribution in [-0.4, -0.2) is 52.9 Å². The van der Waals surface area contributed by atoms with E-state index in [2.05, 4.69) is 4.57 Å². The number of piperidine rings is 1. The highest BCUT2D eigenvalue weighted by molar-refractivity contribution is 5.95. The van der Waals surface area contributed by atoms with Crippen LogP contribution >= 0.6 is 0 Å². The van der Waals surface area contributed by atoms with Gasteiger partial charge in [0.15, 0.2) is 17.1 Å². The maximum absolute atomic E-state index is 14.0. The van der Waals surface area contributed by atoms with Crippen molar-refractivity contribution in [2.24, 2.45) is 0 Å². The number of nitrogens with zero attached hydrogens (tertiary/aromatic N) is 2. The summed E-state index contributed by atoms with van der Waals surface area (Å²) in [5, 5.41) is 10.1. The molecule has 2 fully saturated rings. The van der Waals surface area contributed by atoms with E-state index in [4.69, 9.17) is 14.2 Å². The topological polar surface area (TPSA) is 73.2 Å². The van der Waals surface area contributed by atoms with Crippen molar-refractivity contribution in [1.82, 2.24) is 9.47 Å². The minimum atomic E-state index is -0.613. The molecule has 3 heterocycles. The summed E-state index contributed by atoms with van der Waals surface area (Å²) < 4.78 is 33.9. The summed E-state index contributed by atoms with van der Waals surface area (Å²) in [4.78, 5) is 15.2. The predicted molar refractivity (Wildman–Crippen MR) is 137 cm³/mol. The predicted octanol–water partition coefficient (Wildman–Crippen LogP) is 5.18. The van der Waals surface area contributed by atoms with Crippen LogP contribution in [0.1, 0.15) is 52.4 Å². The van der Waals surface area contributed by atoms with Crippen LogP contribution in [0, 0.1) is 5.82 Å². The zero-order valence-electron chi connectivity index (χ0n) is 20.2. The van der Waals surface area contributed by atoms with Crippen molar-refractivity contribution in [1.29, 1.82) is 0 Å². The molecule has 6 rings (SSSR count). The van der Waals surface area contributed by atoms with Crippen molar-refractivity contribution >= 4 is 5.91 Å². The molecule has 2 atom stereocenters. The Morgan fingerprint density at radius 3 is 2.72 bits per heavy atom. The number of carbonyl (C=O) groups excluding carboxylic acids is 1. The number of aliphatic hydroxyl groups is 1. The van der Waals surface area contributed by atoms with E-state index >= 15 is 0 Å². The molecule has 3 aliphatic rings. The van der Waals surface area contributed by atoms with Crippen LogP contribution in [0.25, 0.3) is 5.69 Å². The Bertz CT molecular complexity index is 1310. The van der Waals surface area contributed by atoms with Gasteiger partial charge in [-0.05, 0) is 61.7 Å². The average molecular weight is 499 g/mol. The first kappa shape index (κ1) is 22.9. The van der Waals surface area contributed by atoms with Gasteiger partial charge in [0.05, 0.1) is 24.6 Å². The fraction of sp³-hybridized carbons (Fsp3) is 0.393. The number of hydrogen-bond donors (Lipinski definition) is 1. The lowest BCUT2D eigenvalue weighted by atomic mass is 9.86. The van der Waals surface area contributed by atoms with Gasteiger partial charge in [-0.25, -0.2) is 4.39 Å². The fourth-order valence-corrected chi connectivity index (χ4v) is 5.71.